The topological polar surface area (TPSA) is 73.8 Å². The van der Waals surface area contributed by atoms with Gasteiger partial charge in [-0.15, -0.1) is 0 Å². The summed E-state index contributed by atoms with van der Waals surface area (Å²) in [6.45, 7) is 2.43. The molecule has 21 heavy (non-hydrogen) atoms. The van der Waals surface area contributed by atoms with Gasteiger partial charge in [-0.3, -0.25) is 9.78 Å². The molecule has 0 atom stereocenters. The highest BCUT2D eigenvalue weighted by atomic mass is 16.5. The number of nitrogens with zero attached hydrogens (tertiary/aromatic N) is 4. The van der Waals surface area contributed by atoms with E-state index < -0.39 is 0 Å². The highest BCUT2D eigenvalue weighted by Crippen LogP contribution is 2.31. The quantitative estimate of drug-likeness (QED) is 0.736. The van der Waals surface area contributed by atoms with E-state index in [-0.39, 0.29) is 5.56 Å². The van der Waals surface area contributed by atoms with Crippen LogP contribution in [0.4, 0.5) is 0 Å². The average molecular weight is 282 g/mol. The van der Waals surface area contributed by atoms with Crippen LogP contribution in [0.25, 0.3) is 22.3 Å². The van der Waals surface area contributed by atoms with E-state index in [1.54, 1.807) is 13.1 Å². The standard InChI is InChI=1S/C15H14N4O2/c1-9-12-13(11-4-2-3-7-16-11)17-19(8-10-5-6-10)15(20)14(12)18-21-9/h2-4,7,10H,5-6,8H2,1H3. The summed E-state index contributed by atoms with van der Waals surface area (Å²) in [5.41, 5.74) is 1.53. The van der Waals surface area contributed by atoms with E-state index in [1.807, 2.05) is 18.2 Å². The van der Waals surface area contributed by atoms with Crippen molar-refractivity contribution >= 4 is 10.9 Å². The summed E-state index contributed by atoms with van der Waals surface area (Å²) in [6.07, 6.45) is 4.02. The predicted octanol–water partition coefficient (Wildman–Crippen LogP) is 2.16. The molecule has 0 unspecified atom stereocenters. The molecule has 0 bridgehead atoms. The van der Waals surface area contributed by atoms with Crippen LogP contribution in [-0.4, -0.2) is 19.9 Å². The number of rotatable bonds is 3. The lowest BCUT2D eigenvalue weighted by Gasteiger charge is -2.07. The number of aryl methyl sites for hydroxylation is 1. The minimum absolute atomic E-state index is 0.187. The Hall–Kier alpha value is -2.50. The third-order valence-electron chi connectivity index (χ3n) is 3.79. The largest absolute Gasteiger partial charge is 0.360 e. The Bertz CT molecular complexity index is 863. The van der Waals surface area contributed by atoms with Crippen LogP contribution in [-0.2, 0) is 6.54 Å². The Balaban J connectivity index is 2.01. The lowest BCUT2D eigenvalue weighted by molar-refractivity contribution is 0.404. The van der Waals surface area contributed by atoms with Gasteiger partial charge in [-0.05, 0) is 37.8 Å². The van der Waals surface area contributed by atoms with Gasteiger partial charge in [0.25, 0.3) is 5.56 Å². The average Bonchev–Trinajstić information content (AvgIpc) is 3.24. The Morgan fingerprint density at radius 2 is 2.24 bits per heavy atom. The number of pyridine rings is 1. The SMILES string of the molecule is Cc1onc2c(=O)n(CC3CC3)nc(-c3ccccn3)c12. The van der Waals surface area contributed by atoms with Gasteiger partial charge < -0.3 is 4.52 Å². The van der Waals surface area contributed by atoms with Gasteiger partial charge in [0, 0.05) is 12.7 Å². The summed E-state index contributed by atoms with van der Waals surface area (Å²) in [5, 5.41) is 9.10. The molecule has 1 saturated carbocycles. The fraction of sp³-hybridized carbons (Fsp3) is 0.333. The van der Waals surface area contributed by atoms with Gasteiger partial charge in [0.05, 0.1) is 11.1 Å². The molecule has 1 aliphatic rings. The molecular formula is C15H14N4O2. The number of fused-ring (bicyclic) bond motifs is 1. The Kier molecular flexibility index (Phi) is 2.63. The van der Waals surface area contributed by atoms with Gasteiger partial charge in [0.15, 0.2) is 5.52 Å². The van der Waals surface area contributed by atoms with Crippen molar-refractivity contribution in [2.75, 3.05) is 0 Å². The second-order valence-electron chi connectivity index (χ2n) is 5.46. The van der Waals surface area contributed by atoms with Crippen LogP contribution in [0.3, 0.4) is 0 Å². The molecule has 0 amide bonds. The summed E-state index contributed by atoms with van der Waals surface area (Å²) in [5.74, 6) is 1.14. The van der Waals surface area contributed by atoms with Crippen molar-refractivity contribution in [1.82, 2.24) is 19.9 Å². The normalized spacial score (nSPS) is 14.7. The van der Waals surface area contributed by atoms with Crippen molar-refractivity contribution in [3.63, 3.8) is 0 Å². The van der Waals surface area contributed by atoms with Gasteiger partial charge in [0.1, 0.15) is 11.5 Å². The molecule has 0 aliphatic heterocycles. The van der Waals surface area contributed by atoms with Crippen molar-refractivity contribution in [2.24, 2.45) is 5.92 Å². The molecule has 106 valence electrons. The number of aromatic nitrogens is 4. The van der Waals surface area contributed by atoms with Crippen molar-refractivity contribution < 1.29 is 4.52 Å². The Morgan fingerprint density at radius 3 is 2.95 bits per heavy atom. The molecule has 1 aliphatic carbocycles. The van der Waals surface area contributed by atoms with Crippen LogP contribution in [0.15, 0.2) is 33.7 Å². The second-order valence-corrected chi connectivity index (χ2v) is 5.46. The predicted molar refractivity (Wildman–Crippen MR) is 76.8 cm³/mol. The first-order chi connectivity index (χ1) is 10.2. The summed E-state index contributed by atoms with van der Waals surface area (Å²) >= 11 is 0. The molecule has 4 rings (SSSR count). The fourth-order valence-corrected chi connectivity index (χ4v) is 2.49. The van der Waals surface area contributed by atoms with E-state index in [1.165, 1.54) is 4.68 Å². The van der Waals surface area contributed by atoms with E-state index >= 15 is 0 Å². The van der Waals surface area contributed by atoms with Crippen LogP contribution in [0.2, 0.25) is 0 Å². The third-order valence-corrected chi connectivity index (χ3v) is 3.79. The zero-order chi connectivity index (χ0) is 14.4. The number of hydrogen-bond donors (Lipinski definition) is 0. The molecule has 6 heteroatoms. The monoisotopic (exact) mass is 282 g/mol. The van der Waals surface area contributed by atoms with Crippen molar-refractivity contribution in [3.8, 4) is 11.4 Å². The molecule has 1 fully saturated rings. The van der Waals surface area contributed by atoms with Gasteiger partial charge in [-0.2, -0.15) is 5.10 Å². The van der Waals surface area contributed by atoms with E-state index in [0.717, 1.165) is 18.5 Å². The third kappa shape index (κ3) is 2.03. The van der Waals surface area contributed by atoms with Crippen molar-refractivity contribution in [1.29, 1.82) is 0 Å². The maximum absolute atomic E-state index is 12.4. The molecular weight excluding hydrogens is 268 g/mol. The molecule has 3 aromatic heterocycles. The van der Waals surface area contributed by atoms with Crippen LogP contribution in [0.1, 0.15) is 18.6 Å². The number of hydrogen-bond acceptors (Lipinski definition) is 5. The van der Waals surface area contributed by atoms with E-state index in [9.17, 15) is 4.79 Å². The van der Waals surface area contributed by atoms with Crippen LogP contribution >= 0.6 is 0 Å². The van der Waals surface area contributed by atoms with Crippen molar-refractivity contribution in [2.45, 2.75) is 26.3 Å². The molecule has 0 N–H and O–H groups in total. The lowest BCUT2D eigenvalue weighted by Crippen LogP contribution is -2.25. The molecule has 3 aromatic rings. The fourth-order valence-electron chi connectivity index (χ4n) is 2.49. The summed E-state index contributed by atoms with van der Waals surface area (Å²) in [7, 11) is 0. The molecule has 3 heterocycles. The highest BCUT2D eigenvalue weighted by molar-refractivity contribution is 5.91. The lowest BCUT2D eigenvalue weighted by atomic mass is 10.1. The molecule has 0 radical (unpaired) electrons. The smallest absolute Gasteiger partial charge is 0.296 e. The molecule has 0 aromatic carbocycles. The van der Waals surface area contributed by atoms with Gasteiger partial charge in [0.2, 0.25) is 0 Å². The van der Waals surface area contributed by atoms with E-state index in [0.29, 0.717) is 34.8 Å². The van der Waals surface area contributed by atoms with E-state index in [4.69, 9.17) is 4.52 Å². The first-order valence-corrected chi connectivity index (χ1v) is 7.02. The Morgan fingerprint density at radius 1 is 1.38 bits per heavy atom. The zero-order valence-electron chi connectivity index (χ0n) is 11.6. The first-order valence-electron chi connectivity index (χ1n) is 7.02. The minimum Gasteiger partial charge on any atom is -0.360 e. The van der Waals surface area contributed by atoms with Crippen LogP contribution in [0.5, 0.6) is 0 Å². The first kappa shape index (κ1) is 12.3. The molecule has 0 saturated heterocycles. The maximum Gasteiger partial charge on any atom is 0.296 e. The van der Waals surface area contributed by atoms with E-state index in [2.05, 4.69) is 15.2 Å². The van der Waals surface area contributed by atoms with Gasteiger partial charge in [-0.1, -0.05) is 11.2 Å². The summed E-state index contributed by atoms with van der Waals surface area (Å²) in [6, 6.07) is 5.62. The maximum atomic E-state index is 12.4. The second kappa shape index (κ2) is 4.51. The molecule has 6 nitrogen and oxygen atoms in total. The summed E-state index contributed by atoms with van der Waals surface area (Å²) < 4.78 is 6.71. The molecule has 0 spiro atoms. The zero-order valence-corrected chi connectivity index (χ0v) is 11.6. The van der Waals surface area contributed by atoms with Crippen molar-refractivity contribution in [3.05, 3.63) is 40.5 Å². The van der Waals surface area contributed by atoms with Gasteiger partial charge >= 0.3 is 0 Å². The highest BCUT2D eigenvalue weighted by Gasteiger charge is 2.25. The van der Waals surface area contributed by atoms with Crippen LogP contribution < -0.4 is 5.56 Å². The summed E-state index contributed by atoms with van der Waals surface area (Å²) in [4.78, 5) is 16.8. The van der Waals surface area contributed by atoms with Crippen LogP contribution in [0, 0.1) is 12.8 Å². The van der Waals surface area contributed by atoms with Gasteiger partial charge in [-0.25, -0.2) is 4.68 Å². The Labute approximate surface area is 120 Å². The minimum atomic E-state index is -0.187.